The Morgan fingerprint density at radius 1 is 1.18 bits per heavy atom. The van der Waals surface area contributed by atoms with Crippen LogP contribution in [0.2, 0.25) is 0 Å². The second kappa shape index (κ2) is 12.1. The van der Waals surface area contributed by atoms with E-state index in [-0.39, 0.29) is 17.9 Å². The van der Waals surface area contributed by atoms with Gasteiger partial charge in [-0.3, -0.25) is 9.59 Å². The van der Waals surface area contributed by atoms with Crippen LogP contribution in [0.15, 0.2) is 0 Å². The van der Waals surface area contributed by atoms with E-state index in [0.29, 0.717) is 32.4 Å². The van der Waals surface area contributed by atoms with E-state index in [1.165, 1.54) is 0 Å². The van der Waals surface area contributed by atoms with E-state index < -0.39 is 12.1 Å². The number of likely N-dealkylation sites (tertiary alicyclic amines) is 1. The molecule has 1 heterocycles. The third kappa shape index (κ3) is 8.67. The highest BCUT2D eigenvalue weighted by atomic mass is 16.2. The van der Waals surface area contributed by atoms with Crippen molar-refractivity contribution in [3.63, 3.8) is 0 Å². The van der Waals surface area contributed by atoms with E-state index >= 15 is 0 Å². The van der Waals surface area contributed by atoms with E-state index in [0.717, 1.165) is 49.4 Å². The van der Waals surface area contributed by atoms with Crippen molar-refractivity contribution in [1.29, 1.82) is 0 Å². The Kier molecular flexibility index (Phi) is 10.6. The number of amides is 2. The van der Waals surface area contributed by atoms with Gasteiger partial charge in [-0.2, -0.15) is 0 Å². The van der Waals surface area contributed by atoms with Gasteiger partial charge in [0.1, 0.15) is 12.3 Å². The van der Waals surface area contributed by atoms with E-state index in [9.17, 15) is 14.4 Å². The first-order valence-electron chi connectivity index (χ1n) is 10.5. The normalized spacial score (nSPS) is 19.3. The van der Waals surface area contributed by atoms with Crippen LogP contribution in [0.3, 0.4) is 0 Å². The van der Waals surface area contributed by atoms with Crippen molar-refractivity contribution in [2.45, 2.75) is 69.5 Å². The number of hydrogen-bond acceptors (Lipinski definition) is 5. The van der Waals surface area contributed by atoms with Gasteiger partial charge >= 0.3 is 0 Å². The molecule has 0 saturated carbocycles. The number of aldehydes is 1. The van der Waals surface area contributed by atoms with Crippen LogP contribution in [-0.4, -0.2) is 86.4 Å². The Balaban J connectivity index is 2.60. The lowest BCUT2D eigenvalue weighted by molar-refractivity contribution is -0.870. The van der Waals surface area contributed by atoms with Gasteiger partial charge in [0.05, 0.1) is 39.8 Å². The summed E-state index contributed by atoms with van der Waals surface area (Å²) in [6.45, 7) is 2.13. The fourth-order valence-electron chi connectivity index (χ4n) is 3.52. The van der Waals surface area contributed by atoms with Crippen LogP contribution in [0.1, 0.15) is 51.4 Å². The van der Waals surface area contributed by atoms with Crippen LogP contribution < -0.4 is 16.8 Å². The van der Waals surface area contributed by atoms with Gasteiger partial charge in [-0.15, -0.1) is 0 Å². The molecule has 0 aliphatic carbocycles. The molecule has 1 aliphatic heterocycles. The van der Waals surface area contributed by atoms with Crippen LogP contribution in [-0.2, 0) is 14.4 Å². The van der Waals surface area contributed by atoms with Gasteiger partial charge in [0.2, 0.25) is 11.8 Å². The molecule has 5 N–H and O–H groups in total. The monoisotopic (exact) mass is 398 g/mol. The molecule has 0 aromatic rings. The summed E-state index contributed by atoms with van der Waals surface area (Å²) in [5.74, 6) is -0.476. The molecule has 1 rings (SSSR count). The minimum atomic E-state index is -0.642. The summed E-state index contributed by atoms with van der Waals surface area (Å²) in [7, 11) is 6.40. The molecule has 0 spiro atoms. The van der Waals surface area contributed by atoms with E-state index in [2.05, 4.69) is 26.5 Å². The van der Waals surface area contributed by atoms with E-state index in [1.807, 2.05) is 0 Å². The average Bonchev–Trinajstić information content (AvgIpc) is 3.11. The number of nitrogens with one attached hydrogen (secondary N) is 1. The van der Waals surface area contributed by atoms with Gasteiger partial charge in [-0.25, -0.2) is 0 Å². The summed E-state index contributed by atoms with van der Waals surface area (Å²) in [4.78, 5) is 38.3. The summed E-state index contributed by atoms with van der Waals surface area (Å²) in [5.41, 5.74) is 11.6. The summed E-state index contributed by atoms with van der Waals surface area (Å²) < 4.78 is 0.882. The van der Waals surface area contributed by atoms with Crippen molar-refractivity contribution in [3.05, 3.63) is 0 Å². The first kappa shape index (κ1) is 24.5. The Morgan fingerprint density at radius 3 is 2.46 bits per heavy atom. The molecule has 8 heteroatoms. The van der Waals surface area contributed by atoms with Crippen LogP contribution >= 0.6 is 0 Å². The second-order valence-electron chi connectivity index (χ2n) is 8.84. The lowest BCUT2D eigenvalue weighted by Crippen LogP contribution is -2.53. The van der Waals surface area contributed by atoms with Gasteiger partial charge in [0, 0.05) is 6.54 Å². The summed E-state index contributed by atoms with van der Waals surface area (Å²) >= 11 is 0. The van der Waals surface area contributed by atoms with Crippen molar-refractivity contribution >= 4 is 18.1 Å². The molecular formula is C20H40N5O3+. The van der Waals surface area contributed by atoms with Gasteiger partial charge in [-0.1, -0.05) is 0 Å². The van der Waals surface area contributed by atoms with Gasteiger partial charge in [0.15, 0.2) is 0 Å². The minimum Gasteiger partial charge on any atom is -0.343 e. The van der Waals surface area contributed by atoms with Gasteiger partial charge in [0.25, 0.3) is 0 Å². The van der Waals surface area contributed by atoms with E-state index in [1.54, 1.807) is 4.90 Å². The van der Waals surface area contributed by atoms with Crippen LogP contribution in [0.25, 0.3) is 0 Å². The zero-order valence-electron chi connectivity index (χ0n) is 17.9. The highest BCUT2D eigenvalue weighted by Crippen LogP contribution is 2.18. The first-order chi connectivity index (χ1) is 13.2. The molecule has 8 nitrogen and oxygen atoms in total. The standard InChI is InChI=1S/C20H39N5O3/c1-25(2,3)14-7-5-10-17(22)19(27)23-18(11-4-6-12-21)20(28)24-13-8-9-16(24)15-26/h15-18H,4-14,21-22H2,1-3H3/p+1/t16-,17-,18-/m0/s1. The first-order valence-corrected chi connectivity index (χ1v) is 10.5. The smallest absolute Gasteiger partial charge is 0.245 e. The quantitative estimate of drug-likeness (QED) is 0.229. The molecule has 1 fully saturated rings. The summed E-state index contributed by atoms with van der Waals surface area (Å²) in [6, 6.07) is -1.65. The third-order valence-electron chi connectivity index (χ3n) is 5.23. The number of nitrogens with zero attached hydrogens (tertiary/aromatic N) is 2. The predicted molar refractivity (Wildman–Crippen MR) is 110 cm³/mol. The molecule has 0 unspecified atom stereocenters. The number of unbranched alkanes of at least 4 members (excludes halogenated alkanes) is 2. The summed E-state index contributed by atoms with van der Waals surface area (Å²) in [6.07, 6.45) is 6.82. The lowest BCUT2D eigenvalue weighted by Gasteiger charge is -2.28. The Hall–Kier alpha value is -1.51. The number of nitrogens with two attached hydrogens (primary N) is 2. The van der Waals surface area contributed by atoms with Gasteiger partial charge < -0.3 is 31.0 Å². The van der Waals surface area contributed by atoms with Crippen molar-refractivity contribution in [3.8, 4) is 0 Å². The topological polar surface area (TPSA) is 119 Å². The highest BCUT2D eigenvalue weighted by molar-refractivity contribution is 5.91. The second-order valence-corrected chi connectivity index (χ2v) is 8.84. The zero-order chi connectivity index (χ0) is 21.2. The van der Waals surface area contributed by atoms with Gasteiger partial charge in [-0.05, 0) is 57.9 Å². The minimum absolute atomic E-state index is 0.183. The van der Waals surface area contributed by atoms with E-state index in [4.69, 9.17) is 11.5 Å². The molecule has 0 radical (unpaired) electrons. The van der Waals surface area contributed by atoms with Crippen molar-refractivity contribution in [1.82, 2.24) is 10.2 Å². The molecule has 0 bridgehead atoms. The maximum absolute atomic E-state index is 12.9. The fourth-order valence-corrected chi connectivity index (χ4v) is 3.52. The molecule has 1 aliphatic rings. The molecular weight excluding hydrogens is 358 g/mol. The van der Waals surface area contributed by atoms with Crippen molar-refractivity contribution < 1.29 is 18.9 Å². The predicted octanol–water partition coefficient (Wildman–Crippen LogP) is -0.00610. The number of carbonyl (C=O) groups excluding carboxylic acids is 3. The molecule has 3 atom stereocenters. The van der Waals surface area contributed by atoms with Crippen LogP contribution in [0.4, 0.5) is 0 Å². The molecule has 2 amide bonds. The number of rotatable bonds is 13. The molecule has 1 saturated heterocycles. The molecule has 0 aromatic carbocycles. The maximum Gasteiger partial charge on any atom is 0.245 e. The molecule has 0 aromatic heterocycles. The lowest BCUT2D eigenvalue weighted by atomic mass is 10.1. The Labute approximate surface area is 169 Å². The van der Waals surface area contributed by atoms with Crippen molar-refractivity contribution in [2.24, 2.45) is 11.5 Å². The Morgan fingerprint density at radius 2 is 1.86 bits per heavy atom. The number of hydrogen-bond donors (Lipinski definition) is 3. The highest BCUT2D eigenvalue weighted by Gasteiger charge is 2.34. The Bertz CT molecular complexity index is 507. The SMILES string of the molecule is C[N+](C)(C)CCCC[C@H](N)C(=O)N[C@@H](CCCCN)C(=O)N1CCC[C@H]1C=O. The zero-order valence-corrected chi connectivity index (χ0v) is 17.9. The number of quaternary nitrogens is 1. The van der Waals surface area contributed by atoms with Crippen LogP contribution in [0, 0.1) is 0 Å². The fraction of sp³-hybridized carbons (Fsp3) is 0.850. The molecule has 28 heavy (non-hydrogen) atoms. The van der Waals surface area contributed by atoms with Crippen LogP contribution in [0.5, 0.6) is 0 Å². The number of carbonyl (C=O) groups is 3. The largest absolute Gasteiger partial charge is 0.343 e. The maximum atomic E-state index is 12.9. The van der Waals surface area contributed by atoms with Crippen molar-refractivity contribution in [2.75, 3.05) is 40.8 Å². The molecule has 162 valence electrons. The summed E-state index contributed by atoms with van der Waals surface area (Å²) in [5, 5.41) is 2.84. The average molecular weight is 399 g/mol. The third-order valence-corrected chi connectivity index (χ3v) is 5.23.